The van der Waals surface area contributed by atoms with E-state index in [0.717, 1.165) is 13.1 Å². The minimum Gasteiger partial charge on any atom is -0.392 e. The Bertz CT molecular complexity index is 112. The van der Waals surface area contributed by atoms with Gasteiger partial charge in [0.15, 0.2) is 0 Å². The highest BCUT2D eigenvalue weighted by atomic mass is 16.3. The van der Waals surface area contributed by atoms with Crippen LogP contribution >= 0.6 is 0 Å². The normalized spacial score (nSPS) is 19.5. The van der Waals surface area contributed by atoms with Crippen LogP contribution in [0.3, 0.4) is 0 Å². The molecule has 72 valence electrons. The highest BCUT2D eigenvalue weighted by molar-refractivity contribution is 4.81. The van der Waals surface area contributed by atoms with Gasteiger partial charge in [0.1, 0.15) is 0 Å². The first-order valence-corrected chi connectivity index (χ1v) is 5.23. The lowest BCUT2D eigenvalue weighted by Crippen LogP contribution is -2.28. The Labute approximate surface area is 75.4 Å². The maximum Gasteiger partial charge on any atom is 0.0692 e. The molecule has 12 heavy (non-hydrogen) atoms. The van der Waals surface area contributed by atoms with Crippen molar-refractivity contribution in [2.24, 2.45) is 5.92 Å². The summed E-state index contributed by atoms with van der Waals surface area (Å²) in [4.78, 5) is 0. The molecule has 0 spiro atoms. The van der Waals surface area contributed by atoms with Gasteiger partial charge in [0.2, 0.25) is 0 Å². The SMILES string of the molecule is CCCCCNCC(O)C1CC1. The fourth-order valence-corrected chi connectivity index (χ4v) is 1.40. The van der Waals surface area contributed by atoms with Gasteiger partial charge in [-0.2, -0.15) is 0 Å². The fraction of sp³-hybridized carbons (Fsp3) is 1.00. The third-order valence-electron chi connectivity index (χ3n) is 2.48. The summed E-state index contributed by atoms with van der Waals surface area (Å²) in [6.45, 7) is 4.07. The van der Waals surface area contributed by atoms with Crippen molar-refractivity contribution in [3.63, 3.8) is 0 Å². The van der Waals surface area contributed by atoms with Gasteiger partial charge in [-0.25, -0.2) is 0 Å². The Hall–Kier alpha value is -0.0800. The number of hydrogen-bond acceptors (Lipinski definition) is 2. The molecule has 1 unspecified atom stereocenters. The van der Waals surface area contributed by atoms with Gasteiger partial charge in [-0.05, 0) is 31.7 Å². The van der Waals surface area contributed by atoms with Crippen molar-refractivity contribution in [1.29, 1.82) is 0 Å². The predicted molar refractivity (Wildman–Crippen MR) is 51.1 cm³/mol. The molecule has 0 amide bonds. The van der Waals surface area contributed by atoms with E-state index >= 15 is 0 Å². The Morgan fingerprint density at radius 2 is 2.17 bits per heavy atom. The van der Waals surface area contributed by atoms with Gasteiger partial charge < -0.3 is 10.4 Å². The van der Waals surface area contributed by atoms with E-state index in [0.29, 0.717) is 5.92 Å². The molecule has 1 aliphatic carbocycles. The smallest absolute Gasteiger partial charge is 0.0692 e. The minimum atomic E-state index is -0.0772. The van der Waals surface area contributed by atoms with E-state index in [1.54, 1.807) is 0 Å². The van der Waals surface area contributed by atoms with E-state index in [4.69, 9.17) is 0 Å². The largest absolute Gasteiger partial charge is 0.392 e. The topological polar surface area (TPSA) is 32.3 Å². The zero-order chi connectivity index (χ0) is 8.81. The molecule has 2 nitrogen and oxygen atoms in total. The second kappa shape index (κ2) is 5.55. The fourth-order valence-electron chi connectivity index (χ4n) is 1.40. The highest BCUT2D eigenvalue weighted by Crippen LogP contribution is 2.32. The Balaban J connectivity index is 1.81. The van der Waals surface area contributed by atoms with E-state index in [1.807, 2.05) is 0 Å². The van der Waals surface area contributed by atoms with Crippen LogP contribution in [0.25, 0.3) is 0 Å². The number of aliphatic hydroxyl groups is 1. The predicted octanol–water partition coefficient (Wildman–Crippen LogP) is 1.54. The summed E-state index contributed by atoms with van der Waals surface area (Å²) < 4.78 is 0. The molecule has 0 aromatic heterocycles. The maximum atomic E-state index is 9.48. The average Bonchev–Trinajstić information content (AvgIpc) is 2.86. The molecule has 0 aromatic rings. The number of rotatable bonds is 7. The van der Waals surface area contributed by atoms with E-state index in [9.17, 15) is 5.11 Å². The molecule has 0 saturated heterocycles. The Kier molecular flexibility index (Phi) is 4.62. The molecule has 0 heterocycles. The first-order chi connectivity index (χ1) is 5.84. The molecule has 1 fully saturated rings. The summed E-state index contributed by atoms with van der Waals surface area (Å²) in [5.41, 5.74) is 0. The summed E-state index contributed by atoms with van der Waals surface area (Å²) in [5.74, 6) is 0.615. The highest BCUT2D eigenvalue weighted by Gasteiger charge is 2.28. The maximum absolute atomic E-state index is 9.48. The van der Waals surface area contributed by atoms with Crippen LogP contribution < -0.4 is 5.32 Å². The summed E-state index contributed by atoms with van der Waals surface area (Å²) in [5, 5.41) is 12.8. The summed E-state index contributed by atoms with van der Waals surface area (Å²) in [6.07, 6.45) is 6.20. The molecule has 1 rings (SSSR count). The van der Waals surface area contributed by atoms with Gasteiger partial charge in [0.25, 0.3) is 0 Å². The van der Waals surface area contributed by atoms with Crippen molar-refractivity contribution in [2.45, 2.75) is 45.1 Å². The van der Waals surface area contributed by atoms with Gasteiger partial charge in [-0.1, -0.05) is 19.8 Å². The lowest BCUT2D eigenvalue weighted by molar-refractivity contribution is 0.149. The Morgan fingerprint density at radius 1 is 1.42 bits per heavy atom. The van der Waals surface area contributed by atoms with Crippen LogP contribution in [0.2, 0.25) is 0 Å². The second-order valence-corrected chi connectivity index (χ2v) is 3.82. The van der Waals surface area contributed by atoms with E-state index < -0.39 is 0 Å². The van der Waals surface area contributed by atoms with Gasteiger partial charge in [0, 0.05) is 6.54 Å². The van der Waals surface area contributed by atoms with Gasteiger partial charge in [-0.15, -0.1) is 0 Å². The van der Waals surface area contributed by atoms with Crippen molar-refractivity contribution in [1.82, 2.24) is 5.32 Å². The van der Waals surface area contributed by atoms with Crippen molar-refractivity contribution in [2.75, 3.05) is 13.1 Å². The zero-order valence-electron chi connectivity index (χ0n) is 8.05. The number of unbranched alkanes of at least 4 members (excludes halogenated alkanes) is 2. The number of aliphatic hydroxyl groups excluding tert-OH is 1. The summed E-state index contributed by atoms with van der Waals surface area (Å²) >= 11 is 0. The molecule has 1 atom stereocenters. The molecule has 2 heteroatoms. The molecule has 0 radical (unpaired) electrons. The molecule has 1 aliphatic rings. The third kappa shape index (κ3) is 4.07. The van der Waals surface area contributed by atoms with Crippen molar-refractivity contribution < 1.29 is 5.11 Å². The summed E-state index contributed by atoms with van der Waals surface area (Å²) in [7, 11) is 0. The first-order valence-electron chi connectivity index (χ1n) is 5.23. The summed E-state index contributed by atoms with van der Waals surface area (Å²) in [6, 6.07) is 0. The lowest BCUT2D eigenvalue weighted by Gasteiger charge is -2.09. The number of nitrogens with one attached hydrogen (secondary N) is 1. The molecule has 0 bridgehead atoms. The monoisotopic (exact) mass is 171 g/mol. The second-order valence-electron chi connectivity index (χ2n) is 3.82. The molecular formula is C10H21NO. The van der Waals surface area contributed by atoms with Crippen LogP contribution in [0, 0.1) is 5.92 Å². The van der Waals surface area contributed by atoms with Crippen molar-refractivity contribution in [3.05, 3.63) is 0 Å². The molecule has 0 aliphatic heterocycles. The van der Waals surface area contributed by atoms with Crippen LogP contribution in [0.15, 0.2) is 0 Å². The lowest BCUT2D eigenvalue weighted by atomic mass is 10.2. The standard InChI is InChI=1S/C10H21NO/c1-2-3-4-7-11-8-10(12)9-5-6-9/h9-12H,2-8H2,1H3. The zero-order valence-corrected chi connectivity index (χ0v) is 8.05. The average molecular weight is 171 g/mol. The van der Waals surface area contributed by atoms with E-state index in [2.05, 4.69) is 12.2 Å². The Morgan fingerprint density at radius 3 is 2.75 bits per heavy atom. The van der Waals surface area contributed by atoms with Gasteiger partial charge in [-0.3, -0.25) is 0 Å². The first kappa shape index (κ1) is 10.0. The van der Waals surface area contributed by atoms with Crippen molar-refractivity contribution >= 4 is 0 Å². The molecular weight excluding hydrogens is 150 g/mol. The number of hydrogen-bond donors (Lipinski definition) is 2. The van der Waals surface area contributed by atoms with Crippen LogP contribution in [-0.2, 0) is 0 Å². The molecule has 1 saturated carbocycles. The van der Waals surface area contributed by atoms with Crippen LogP contribution in [0.5, 0.6) is 0 Å². The quantitative estimate of drug-likeness (QED) is 0.569. The van der Waals surface area contributed by atoms with Gasteiger partial charge in [0.05, 0.1) is 6.10 Å². The van der Waals surface area contributed by atoms with Gasteiger partial charge >= 0.3 is 0 Å². The van der Waals surface area contributed by atoms with E-state index in [1.165, 1.54) is 32.1 Å². The van der Waals surface area contributed by atoms with Crippen LogP contribution in [-0.4, -0.2) is 24.3 Å². The van der Waals surface area contributed by atoms with E-state index in [-0.39, 0.29) is 6.10 Å². The third-order valence-corrected chi connectivity index (χ3v) is 2.48. The molecule has 2 N–H and O–H groups in total. The van der Waals surface area contributed by atoms with Crippen LogP contribution in [0.1, 0.15) is 39.0 Å². The minimum absolute atomic E-state index is 0.0772. The van der Waals surface area contributed by atoms with Crippen molar-refractivity contribution in [3.8, 4) is 0 Å². The molecule has 0 aromatic carbocycles. The van der Waals surface area contributed by atoms with Crippen LogP contribution in [0.4, 0.5) is 0 Å².